The minimum Gasteiger partial charge on any atom is -0.497 e. The quantitative estimate of drug-likeness (QED) is 0.905. The molecule has 0 radical (unpaired) electrons. The van der Waals surface area contributed by atoms with E-state index in [-0.39, 0.29) is 6.15 Å². The van der Waals surface area contributed by atoms with Crippen molar-refractivity contribution in [3.63, 3.8) is 0 Å². The molecule has 1 N–H and O–H groups in total. The summed E-state index contributed by atoms with van der Waals surface area (Å²) in [6.07, 6.45) is 2.62. The highest BCUT2D eigenvalue weighted by molar-refractivity contribution is 5.31. The third kappa shape index (κ3) is 3.66. The van der Waals surface area contributed by atoms with Crippen molar-refractivity contribution in [2.45, 2.75) is 25.7 Å². The molecule has 1 aromatic carbocycles. The Balaban J connectivity index is 0.000000550. The van der Waals surface area contributed by atoms with Crippen LogP contribution in [0.1, 0.15) is 31.2 Å². The monoisotopic (exact) mass is 264 g/mol. The van der Waals surface area contributed by atoms with Crippen molar-refractivity contribution in [3.8, 4) is 5.75 Å². The average molecular weight is 264 g/mol. The summed E-state index contributed by atoms with van der Waals surface area (Å²) in [7, 11) is 1.68. The zero-order valence-electron chi connectivity index (χ0n) is 11.3. The van der Waals surface area contributed by atoms with Crippen LogP contribution in [0.25, 0.3) is 0 Å². The molecule has 1 aliphatic rings. The van der Waals surface area contributed by atoms with Gasteiger partial charge in [0.05, 0.1) is 7.11 Å². The zero-order valence-corrected chi connectivity index (χ0v) is 11.3. The lowest BCUT2D eigenvalue weighted by molar-refractivity contribution is -0.191. The van der Waals surface area contributed by atoms with Crippen LogP contribution in [-0.2, 0) is 9.59 Å². The van der Waals surface area contributed by atoms with Crippen LogP contribution in [0, 0.1) is 11.8 Å². The molecule has 1 aliphatic carbocycles. The van der Waals surface area contributed by atoms with Gasteiger partial charge in [-0.2, -0.15) is 9.59 Å². The molecule has 2 rings (SSSR count). The van der Waals surface area contributed by atoms with E-state index in [1.165, 1.54) is 18.4 Å². The largest absolute Gasteiger partial charge is 0.497 e. The Morgan fingerprint density at radius 3 is 2.26 bits per heavy atom. The molecule has 0 amide bonds. The third-order valence-corrected chi connectivity index (χ3v) is 3.88. The number of carbonyl (C=O) groups excluding carboxylic acids is 2. The fourth-order valence-electron chi connectivity index (χ4n) is 2.85. The third-order valence-electron chi connectivity index (χ3n) is 3.88. The first-order valence-corrected chi connectivity index (χ1v) is 6.45. The molecular weight excluding hydrogens is 244 g/mol. The summed E-state index contributed by atoms with van der Waals surface area (Å²) in [5, 5.41) is 9.31. The van der Waals surface area contributed by atoms with Gasteiger partial charge in [0.15, 0.2) is 0 Å². The van der Waals surface area contributed by atoms with Gasteiger partial charge in [0, 0.05) is 6.61 Å². The second-order valence-electron chi connectivity index (χ2n) is 4.73. The number of benzene rings is 1. The van der Waals surface area contributed by atoms with E-state index >= 15 is 0 Å². The fraction of sp³-hybridized carbons (Fsp3) is 0.533. The Morgan fingerprint density at radius 1 is 1.26 bits per heavy atom. The minimum absolute atomic E-state index is 0.250. The Morgan fingerprint density at radius 2 is 1.84 bits per heavy atom. The first-order chi connectivity index (χ1) is 9.21. The SMILES string of the molecule is CC[C@H]1C[C@H](CO)C1c1ccc(OC)cc1.O=C=O. The number of ether oxygens (including phenoxy) is 1. The number of methoxy groups -OCH3 is 1. The molecule has 0 heterocycles. The van der Waals surface area contributed by atoms with Crippen LogP contribution in [0.15, 0.2) is 24.3 Å². The summed E-state index contributed by atoms with van der Waals surface area (Å²) in [5.74, 6) is 2.64. The van der Waals surface area contributed by atoms with Crippen molar-refractivity contribution in [1.82, 2.24) is 0 Å². The van der Waals surface area contributed by atoms with Crippen LogP contribution in [-0.4, -0.2) is 25.0 Å². The topological polar surface area (TPSA) is 63.6 Å². The van der Waals surface area contributed by atoms with E-state index in [0.717, 1.165) is 11.7 Å². The number of rotatable bonds is 4. The smallest absolute Gasteiger partial charge is 0.373 e. The van der Waals surface area contributed by atoms with Gasteiger partial charge >= 0.3 is 6.15 Å². The number of hydrogen-bond acceptors (Lipinski definition) is 4. The number of aliphatic hydroxyl groups is 1. The molecular formula is C15H20O4. The molecule has 0 saturated heterocycles. The average Bonchev–Trinajstić information content (AvgIpc) is 2.40. The van der Waals surface area contributed by atoms with Gasteiger partial charge in [-0.05, 0) is 41.9 Å². The molecule has 4 heteroatoms. The van der Waals surface area contributed by atoms with Crippen LogP contribution in [0.2, 0.25) is 0 Å². The summed E-state index contributed by atoms with van der Waals surface area (Å²) in [5.41, 5.74) is 1.35. The molecule has 104 valence electrons. The summed E-state index contributed by atoms with van der Waals surface area (Å²) < 4.78 is 5.16. The molecule has 0 bridgehead atoms. The molecule has 1 aromatic rings. The lowest BCUT2D eigenvalue weighted by Crippen LogP contribution is -2.36. The van der Waals surface area contributed by atoms with E-state index in [9.17, 15) is 5.11 Å². The van der Waals surface area contributed by atoms with E-state index < -0.39 is 0 Å². The molecule has 0 aliphatic heterocycles. The molecule has 4 nitrogen and oxygen atoms in total. The summed E-state index contributed by atoms with van der Waals surface area (Å²) >= 11 is 0. The highest BCUT2D eigenvalue weighted by Crippen LogP contribution is 2.49. The lowest BCUT2D eigenvalue weighted by Gasteiger charge is -2.44. The molecule has 0 aromatic heterocycles. The minimum atomic E-state index is 0.250. The standard InChI is InChI=1S/C14H20O2.CO2/c1-3-10-8-12(9-15)14(10)11-4-6-13(16-2)7-5-11;2-1-3/h4-7,10,12,14-15H,3,8-9H2,1-2H3;/t10-,12+,14?;/m0./s1. The predicted octanol–water partition coefficient (Wildman–Crippen LogP) is 2.23. The van der Waals surface area contributed by atoms with E-state index in [2.05, 4.69) is 19.1 Å². The van der Waals surface area contributed by atoms with Crippen LogP contribution >= 0.6 is 0 Å². The van der Waals surface area contributed by atoms with Gasteiger partial charge in [-0.3, -0.25) is 0 Å². The predicted molar refractivity (Wildman–Crippen MR) is 69.7 cm³/mol. The van der Waals surface area contributed by atoms with Crippen molar-refractivity contribution in [2.75, 3.05) is 13.7 Å². The second kappa shape index (κ2) is 7.72. The summed E-state index contributed by atoms with van der Waals surface area (Å²) in [6, 6.07) is 8.28. The molecule has 1 fully saturated rings. The second-order valence-corrected chi connectivity index (χ2v) is 4.73. The van der Waals surface area contributed by atoms with E-state index in [4.69, 9.17) is 14.3 Å². The molecule has 1 saturated carbocycles. The summed E-state index contributed by atoms with van der Waals surface area (Å²) in [6.45, 7) is 2.54. The maximum Gasteiger partial charge on any atom is 0.373 e. The van der Waals surface area contributed by atoms with Gasteiger partial charge in [0.1, 0.15) is 5.75 Å². The molecule has 1 unspecified atom stereocenters. The first kappa shape index (κ1) is 15.4. The first-order valence-electron chi connectivity index (χ1n) is 6.45. The van der Waals surface area contributed by atoms with Crippen molar-refractivity contribution in [3.05, 3.63) is 29.8 Å². The van der Waals surface area contributed by atoms with Gasteiger partial charge in [-0.25, -0.2) is 0 Å². The highest BCUT2D eigenvalue weighted by Gasteiger charge is 2.39. The Labute approximate surface area is 113 Å². The molecule has 19 heavy (non-hydrogen) atoms. The van der Waals surface area contributed by atoms with Gasteiger partial charge < -0.3 is 9.84 Å². The van der Waals surface area contributed by atoms with Crippen molar-refractivity contribution < 1.29 is 19.4 Å². The Bertz CT molecular complexity index is 397. The van der Waals surface area contributed by atoms with Crippen molar-refractivity contribution in [2.24, 2.45) is 11.8 Å². The van der Waals surface area contributed by atoms with Gasteiger partial charge in [-0.15, -0.1) is 0 Å². The van der Waals surface area contributed by atoms with E-state index in [1.807, 2.05) is 12.1 Å². The van der Waals surface area contributed by atoms with Crippen LogP contribution in [0.5, 0.6) is 5.75 Å². The number of hydrogen-bond donors (Lipinski definition) is 1. The van der Waals surface area contributed by atoms with E-state index in [0.29, 0.717) is 18.4 Å². The summed E-state index contributed by atoms with van der Waals surface area (Å²) in [4.78, 5) is 16.2. The maximum atomic E-state index is 9.31. The lowest BCUT2D eigenvalue weighted by atomic mass is 9.61. The van der Waals surface area contributed by atoms with Gasteiger partial charge in [0.2, 0.25) is 0 Å². The number of aliphatic hydroxyl groups excluding tert-OH is 1. The van der Waals surface area contributed by atoms with E-state index in [1.54, 1.807) is 7.11 Å². The van der Waals surface area contributed by atoms with Crippen LogP contribution < -0.4 is 4.74 Å². The van der Waals surface area contributed by atoms with Gasteiger partial charge in [-0.1, -0.05) is 25.5 Å². The Kier molecular flexibility index (Phi) is 6.26. The van der Waals surface area contributed by atoms with Crippen molar-refractivity contribution in [1.29, 1.82) is 0 Å². The normalized spacial score (nSPS) is 24.5. The zero-order chi connectivity index (χ0) is 14.3. The Hall–Kier alpha value is -1.64. The van der Waals surface area contributed by atoms with Crippen LogP contribution in [0.3, 0.4) is 0 Å². The molecule has 3 atom stereocenters. The van der Waals surface area contributed by atoms with Gasteiger partial charge in [0.25, 0.3) is 0 Å². The van der Waals surface area contributed by atoms with Crippen LogP contribution in [0.4, 0.5) is 0 Å². The highest BCUT2D eigenvalue weighted by atomic mass is 16.5. The maximum absolute atomic E-state index is 9.31. The molecule has 0 spiro atoms. The van der Waals surface area contributed by atoms with Crippen molar-refractivity contribution >= 4 is 6.15 Å². The fourth-order valence-corrected chi connectivity index (χ4v) is 2.85.